The molecule has 0 N–H and O–H groups in total. The second-order valence-corrected chi connectivity index (χ2v) is 6.56. The SMILES string of the molecule is CCc1nnc(CC)n1-n1ccc2c(c(C)nc3nc(SC)nn32)c1=O. The Kier molecular flexibility index (Phi) is 3.98. The maximum atomic E-state index is 13.3. The Hall–Kier alpha value is -2.75. The van der Waals surface area contributed by atoms with Crippen molar-refractivity contribution >= 4 is 28.4 Å². The van der Waals surface area contributed by atoms with Gasteiger partial charge in [-0.15, -0.1) is 15.3 Å². The lowest BCUT2D eigenvalue weighted by atomic mass is 10.2. The summed E-state index contributed by atoms with van der Waals surface area (Å²) < 4.78 is 4.94. The van der Waals surface area contributed by atoms with E-state index >= 15 is 0 Å². The second-order valence-electron chi connectivity index (χ2n) is 5.78. The van der Waals surface area contributed by atoms with Gasteiger partial charge in [-0.2, -0.15) is 9.50 Å². The van der Waals surface area contributed by atoms with Crippen LogP contribution in [0.3, 0.4) is 0 Å². The van der Waals surface area contributed by atoms with E-state index < -0.39 is 0 Å². The van der Waals surface area contributed by atoms with Gasteiger partial charge in [-0.3, -0.25) is 4.79 Å². The van der Waals surface area contributed by atoms with Gasteiger partial charge in [0.05, 0.1) is 16.6 Å². The molecule has 0 saturated heterocycles. The van der Waals surface area contributed by atoms with E-state index in [1.165, 1.54) is 11.8 Å². The molecule has 0 aliphatic carbocycles. The molecule has 10 heteroatoms. The largest absolute Gasteiger partial charge is 0.281 e. The van der Waals surface area contributed by atoms with Crippen molar-refractivity contribution in [1.29, 1.82) is 0 Å². The molecule has 0 aliphatic rings. The van der Waals surface area contributed by atoms with Crippen molar-refractivity contribution in [3.63, 3.8) is 0 Å². The smallest absolute Gasteiger partial charge is 0.267 e. The number of aryl methyl sites for hydroxylation is 3. The summed E-state index contributed by atoms with van der Waals surface area (Å²) in [6.07, 6.45) is 4.98. The molecule has 0 saturated carbocycles. The molecule has 4 heterocycles. The number of hydrogen-bond acceptors (Lipinski definition) is 7. The molecule has 4 aromatic heterocycles. The highest BCUT2D eigenvalue weighted by Gasteiger charge is 2.17. The second kappa shape index (κ2) is 6.20. The maximum absolute atomic E-state index is 13.3. The molecule has 4 rings (SSSR count). The van der Waals surface area contributed by atoms with Gasteiger partial charge in [0.1, 0.15) is 0 Å². The predicted molar refractivity (Wildman–Crippen MR) is 98.6 cm³/mol. The Morgan fingerprint density at radius 3 is 2.42 bits per heavy atom. The first-order chi connectivity index (χ1) is 12.6. The summed E-state index contributed by atoms with van der Waals surface area (Å²) in [6.45, 7) is 5.79. The van der Waals surface area contributed by atoms with Crippen molar-refractivity contribution in [1.82, 2.24) is 39.1 Å². The third-order valence-electron chi connectivity index (χ3n) is 4.28. The number of fused-ring (bicyclic) bond motifs is 3. The Balaban J connectivity index is 2.08. The average molecular weight is 370 g/mol. The molecule has 9 nitrogen and oxygen atoms in total. The summed E-state index contributed by atoms with van der Waals surface area (Å²) in [5.41, 5.74) is 1.13. The fourth-order valence-corrected chi connectivity index (χ4v) is 3.38. The number of hydrogen-bond donors (Lipinski definition) is 0. The summed E-state index contributed by atoms with van der Waals surface area (Å²) >= 11 is 1.44. The lowest BCUT2D eigenvalue weighted by Crippen LogP contribution is -2.29. The lowest BCUT2D eigenvalue weighted by Gasteiger charge is -2.13. The summed E-state index contributed by atoms with van der Waals surface area (Å²) in [5, 5.41) is 14.0. The number of pyridine rings is 1. The minimum absolute atomic E-state index is 0.181. The normalized spacial score (nSPS) is 11.7. The van der Waals surface area contributed by atoms with Gasteiger partial charge in [0.2, 0.25) is 5.16 Å². The third-order valence-corrected chi connectivity index (χ3v) is 4.82. The van der Waals surface area contributed by atoms with Crippen LogP contribution in [0.2, 0.25) is 0 Å². The van der Waals surface area contributed by atoms with E-state index in [9.17, 15) is 4.79 Å². The summed E-state index contributed by atoms with van der Waals surface area (Å²) in [7, 11) is 0. The Labute approximate surface area is 153 Å². The zero-order chi connectivity index (χ0) is 18.4. The van der Waals surface area contributed by atoms with Gasteiger partial charge in [-0.25, -0.2) is 14.3 Å². The zero-order valence-electron chi connectivity index (χ0n) is 15.0. The minimum atomic E-state index is -0.181. The molecule has 0 atom stereocenters. The van der Waals surface area contributed by atoms with Crippen molar-refractivity contribution in [3.8, 4) is 0 Å². The van der Waals surface area contributed by atoms with E-state index in [0.29, 0.717) is 40.4 Å². The van der Waals surface area contributed by atoms with Crippen LogP contribution in [0.1, 0.15) is 31.2 Å². The summed E-state index contributed by atoms with van der Waals surface area (Å²) in [6, 6.07) is 1.86. The van der Waals surface area contributed by atoms with E-state index in [2.05, 4.69) is 25.3 Å². The minimum Gasteiger partial charge on any atom is -0.267 e. The van der Waals surface area contributed by atoms with Crippen LogP contribution in [0.15, 0.2) is 22.2 Å². The molecule has 4 aromatic rings. The average Bonchev–Trinajstić information content (AvgIpc) is 3.24. The highest BCUT2D eigenvalue weighted by Crippen LogP contribution is 2.17. The van der Waals surface area contributed by atoms with E-state index in [-0.39, 0.29) is 5.56 Å². The van der Waals surface area contributed by atoms with Crippen LogP contribution < -0.4 is 5.56 Å². The molecule has 26 heavy (non-hydrogen) atoms. The molecule has 0 aromatic carbocycles. The van der Waals surface area contributed by atoms with Crippen molar-refractivity contribution < 1.29 is 0 Å². The quantitative estimate of drug-likeness (QED) is 0.502. The van der Waals surface area contributed by atoms with Crippen LogP contribution in [0.25, 0.3) is 16.7 Å². The van der Waals surface area contributed by atoms with Gasteiger partial charge < -0.3 is 0 Å². The van der Waals surface area contributed by atoms with Gasteiger partial charge in [-0.1, -0.05) is 25.6 Å². The van der Waals surface area contributed by atoms with Gasteiger partial charge in [0.15, 0.2) is 11.6 Å². The Morgan fingerprint density at radius 2 is 1.81 bits per heavy atom. The van der Waals surface area contributed by atoms with Crippen molar-refractivity contribution in [2.24, 2.45) is 0 Å². The monoisotopic (exact) mass is 370 g/mol. The van der Waals surface area contributed by atoms with Crippen LogP contribution in [0.5, 0.6) is 0 Å². The molecule has 0 aliphatic heterocycles. The van der Waals surface area contributed by atoms with E-state index in [0.717, 1.165) is 11.6 Å². The van der Waals surface area contributed by atoms with Crippen molar-refractivity contribution in [2.45, 2.75) is 38.8 Å². The van der Waals surface area contributed by atoms with Gasteiger partial charge >= 0.3 is 0 Å². The van der Waals surface area contributed by atoms with Gasteiger partial charge in [0.25, 0.3) is 11.3 Å². The van der Waals surface area contributed by atoms with Crippen LogP contribution in [0.4, 0.5) is 0 Å². The molecular weight excluding hydrogens is 352 g/mol. The first-order valence-electron chi connectivity index (χ1n) is 8.35. The van der Waals surface area contributed by atoms with Crippen LogP contribution in [-0.2, 0) is 12.8 Å². The lowest BCUT2D eigenvalue weighted by molar-refractivity contribution is 0.571. The standard InChI is InChI=1S/C16H18N8OS/c1-5-11-19-20-12(6-2)24(11)22-8-7-10-13(14(22)25)9(3)17-15-18-16(26-4)21-23(10)15/h7-8H,5-6H2,1-4H3. The van der Waals surface area contributed by atoms with Crippen molar-refractivity contribution in [3.05, 3.63) is 40.0 Å². The van der Waals surface area contributed by atoms with Gasteiger partial charge in [0, 0.05) is 19.0 Å². The number of nitrogens with zero attached hydrogens (tertiary/aromatic N) is 8. The molecule has 0 fully saturated rings. The van der Waals surface area contributed by atoms with Crippen LogP contribution >= 0.6 is 11.8 Å². The molecule has 0 spiro atoms. The number of rotatable bonds is 4. The number of aromatic nitrogens is 8. The van der Waals surface area contributed by atoms with Crippen LogP contribution in [0, 0.1) is 6.92 Å². The molecule has 134 valence electrons. The fourth-order valence-electron chi connectivity index (χ4n) is 3.04. The topological polar surface area (TPSA) is 95.8 Å². The Morgan fingerprint density at radius 1 is 1.12 bits per heavy atom. The first-order valence-corrected chi connectivity index (χ1v) is 9.58. The summed E-state index contributed by atoms with van der Waals surface area (Å²) in [5.74, 6) is 1.96. The predicted octanol–water partition coefficient (Wildman–Crippen LogP) is 1.50. The zero-order valence-corrected chi connectivity index (χ0v) is 15.8. The van der Waals surface area contributed by atoms with Gasteiger partial charge in [-0.05, 0) is 19.2 Å². The first kappa shape index (κ1) is 16.7. The molecule has 0 amide bonds. The van der Waals surface area contributed by atoms with E-state index in [4.69, 9.17) is 0 Å². The number of thioether (sulfide) groups is 1. The molecule has 0 unspecified atom stereocenters. The highest BCUT2D eigenvalue weighted by molar-refractivity contribution is 7.98. The maximum Gasteiger partial charge on any atom is 0.281 e. The van der Waals surface area contributed by atoms with Crippen molar-refractivity contribution in [2.75, 3.05) is 6.26 Å². The molecule has 0 bridgehead atoms. The third kappa shape index (κ3) is 2.32. The fraction of sp³-hybridized carbons (Fsp3) is 0.375. The molecular formula is C16H18N8OS. The Bertz CT molecular complexity index is 1170. The van der Waals surface area contributed by atoms with Crippen LogP contribution in [-0.4, -0.2) is 45.4 Å². The molecule has 0 radical (unpaired) electrons. The van der Waals surface area contributed by atoms with E-state index in [1.54, 1.807) is 20.1 Å². The van der Waals surface area contributed by atoms with E-state index in [1.807, 2.05) is 33.1 Å². The highest BCUT2D eigenvalue weighted by atomic mass is 32.2. The summed E-state index contributed by atoms with van der Waals surface area (Å²) in [4.78, 5) is 22.1.